The summed E-state index contributed by atoms with van der Waals surface area (Å²) in [7, 11) is 3.25. The number of hydrogen-bond donors (Lipinski definition) is 2. The van der Waals surface area contributed by atoms with Crippen molar-refractivity contribution in [3.8, 4) is 28.3 Å². The van der Waals surface area contributed by atoms with Crippen LogP contribution in [0, 0.1) is 12.0 Å². The number of hydrogen-bond acceptors (Lipinski definition) is 7. The molecule has 1 saturated heterocycles. The van der Waals surface area contributed by atoms with Crippen LogP contribution in [-0.2, 0) is 11.8 Å². The fourth-order valence-electron chi connectivity index (χ4n) is 4.02. The second kappa shape index (κ2) is 8.55. The fraction of sp³-hybridized carbons (Fsp3) is 0.261. The number of methoxy groups -OCH3 is 1. The minimum Gasteiger partial charge on any atom is -0.493 e. The van der Waals surface area contributed by atoms with Gasteiger partial charge in [-0.3, -0.25) is 9.48 Å². The Morgan fingerprint density at radius 1 is 1.21 bits per heavy atom. The van der Waals surface area contributed by atoms with Crippen molar-refractivity contribution in [1.82, 2.24) is 30.0 Å². The summed E-state index contributed by atoms with van der Waals surface area (Å²) < 4.78 is 21.5. The molecule has 2 N–H and O–H groups in total. The summed E-state index contributed by atoms with van der Waals surface area (Å²) in [6.07, 6.45) is 1.62. The molecule has 1 aliphatic heterocycles. The number of ether oxygens (including phenoxy) is 1. The van der Waals surface area contributed by atoms with Gasteiger partial charge in [0, 0.05) is 37.0 Å². The Morgan fingerprint density at radius 3 is 2.76 bits per heavy atom. The predicted molar refractivity (Wildman–Crippen MR) is 121 cm³/mol. The van der Waals surface area contributed by atoms with Crippen LogP contribution in [0.3, 0.4) is 0 Å². The lowest BCUT2D eigenvalue weighted by molar-refractivity contribution is -0.119. The first-order valence-electron chi connectivity index (χ1n) is 10.6. The van der Waals surface area contributed by atoms with Crippen molar-refractivity contribution in [2.45, 2.75) is 6.42 Å². The van der Waals surface area contributed by atoms with Gasteiger partial charge in [0.25, 0.3) is 0 Å². The van der Waals surface area contributed by atoms with Crippen LogP contribution < -0.4 is 15.4 Å². The van der Waals surface area contributed by atoms with Crippen molar-refractivity contribution in [3.63, 3.8) is 0 Å². The first kappa shape index (κ1) is 21.0. The van der Waals surface area contributed by atoms with Crippen LogP contribution >= 0.6 is 0 Å². The van der Waals surface area contributed by atoms with Gasteiger partial charge in [-0.15, -0.1) is 0 Å². The second-order valence-corrected chi connectivity index (χ2v) is 7.86. The number of rotatable bonds is 5. The van der Waals surface area contributed by atoms with Crippen molar-refractivity contribution >= 4 is 22.8 Å². The third-order valence-electron chi connectivity index (χ3n) is 5.63. The Labute approximate surface area is 189 Å². The van der Waals surface area contributed by atoms with Crippen LogP contribution in [0.4, 0.5) is 10.2 Å². The monoisotopic (exact) mass is 447 g/mol. The molecule has 1 unspecified atom stereocenters. The molecular weight excluding hydrogens is 425 g/mol. The lowest BCUT2D eigenvalue weighted by Crippen LogP contribution is -2.25. The number of carbonyl (C=O) groups is 1. The number of benzene rings is 1. The van der Waals surface area contributed by atoms with Crippen LogP contribution in [0.1, 0.15) is 6.42 Å². The van der Waals surface area contributed by atoms with Gasteiger partial charge in [-0.1, -0.05) is 30.3 Å². The van der Waals surface area contributed by atoms with E-state index in [9.17, 15) is 9.18 Å². The highest BCUT2D eigenvalue weighted by molar-refractivity contribution is 5.98. The van der Waals surface area contributed by atoms with E-state index in [4.69, 9.17) is 4.74 Å². The van der Waals surface area contributed by atoms with E-state index in [2.05, 4.69) is 30.7 Å². The summed E-state index contributed by atoms with van der Waals surface area (Å²) >= 11 is 0. The van der Waals surface area contributed by atoms with Crippen molar-refractivity contribution < 1.29 is 13.9 Å². The number of fused-ring (bicyclic) bond motifs is 1. The van der Waals surface area contributed by atoms with E-state index >= 15 is 0 Å². The third kappa shape index (κ3) is 4.00. The number of carbonyl (C=O) groups excluding carboxylic acids is 1. The molecule has 0 bridgehead atoms. The normalized spacial score (nSPS) is 15.7. The Balaban J connectivity index is 1.67. The number of aromatic nitrogens is 5. The third-order valence-corrected chi connectivity index (χ3v) is 5.63. The van der Waals surface area contributed by atoms with Crippen LogP contribution in [0.5, 0.6) is 5.75 Å². The average molecular weight is 447 g/mol. The van der Waals surface area contributed by atoms with Gasteiger partial charge in [0.15, 0.2) is 11.6 Å². The van der Waals surface area contributed by atoms with Gasteiger partial charge in [-0.25, -0.2) is 9.97 Å². The Bertz CT molecular complexity index is 1330. The number of amides is 1. The molecule has 0 spiro atoms. The zero-order valence-corrected chi connectivity index (χ0v) is 18.2. The molecule has 1 atom stereocenters. The molecule has 5 rings (SSSR count). The maximum atomic E-state index is 14.5. The first-order valence-corrected chi connectivity index (χ1v) is 10.6. The zero-order valence-electron chi connectivity index (χ0n) is 18.2. The molecule has 1 fully saturated rings. The lowest BCUT2D eigenvalue weighted by Gasteiger charge is -2.14. The van der Waals surface area contributed by atoms with E-state index < -0.39 is 6.08 Å². The van der Waals surface area contributed by atoms with E-state index in [0.717, 1.165) is 18.5 Å². The van der Waals surface area contributed by atoms with Gasteiger partial charge in [0.1, 0.15) is 16.9 Å². The first-order chi connectivity index (χ1) is 16.0. The molecule has 10 heteroatoms. The standard InChI is InChI=1S/C23H22FN7O2/c1-31-12-15(18(30-31)13-6-4-3-5-7-13)19-20-16(26-23(24)28-19)10-17(33-2)21(27-20)29-22(32)14-8-9-25-11-14/h3-7,10,12,14,25H,8-9,11H2,1-2H3,(H,27,29,32). The van der Waals surface area contributed by atoms with Crippen molar-refractivity contribution in [3.05, 3.63) is 48.7 Å². The van der Waals surface area contributed by atoms with Crippen LogP contribution in [0.15, 0.2) is 42.6 Å². The SMILES string of the molecule is COc1cc2nc(F)nc(-c3cn(C)nc3-c3ccccc3)c2nc1NC(=O)C1CCNC1. The van der Waals surface area contributed by atoms with E-state index in [1.54, 1.807) is 24.0 Å². The number of anilines is 1. The molecule has 33 heavy (non-hydrogen) atoms. The zero-order chi connectivity index (χ0) is 22.9. The molecule has 1 aliphatic rings. The van der Waals surface area contributed by atoms with Gasteiger partial charge >= 0.3 is 6.08 Å². The largest absolute Gasteiger partial charge is 0.493 e. The molecule has 0 radical (unpaired) electrons. The van der Waals surface area contributed by atoms with Gasteiger partial charge in [-0.2, -0.15) is 14.5 Å². The van der Waals surface area contributed by atoms with Crippen LogP contribution in [-0.4, -0.2) is 50.8 Å². The number of nitrogens with one attached hydrogen (secondary N) is 2. The van der Waals surface area contributed by atoms with Gasteiger partial charge in [-0.05, 0) is 13.0 Å². The average Bonchev–Trinajstić information content (AvgIpc) is 3.49. The lowest BCUT2D eigenvalue weighted by atomic mass is 10.0. The number of pyridine rings is 1. The molecule has 3 aromatic heterocycles. The Kier molecular flexibility index (Phi) is 5.43. The highest BCUT2D eigenvalue weighted by atomic mass is 19.1. The topological polar surface area (TPSA) is 107 Å². The fourth-order valence-corrected chi connectivity index (χ4v) is 4.02. The molecule has 4 heterocycles. The quantitative estimate of drug-likeness (QED) is 0.453. The smallest absolute Gasteiger partial charge is 0.309 e. The summed E-state index contributed by atoms with van der Waals surface area (Å²) in [6, 6.07) is 11.1. The van der Waals surface area contributed by atoms with Crippen molar-refractivity contribution in [1.29, 1.82) is 0 Å². The summed E-state index contributed by atoms with van der Waals surface area (Å²) in [5, 5.41) is 10.6. The molecule has 9 nitrogen and oxygen atoms in total. The predicted octanol–water partition coefficient (Wildman–Crippen LogP) is 2.79. The molecule has 168 valence electrons. The van der Waals surface area contributed by atoms with Gasteiger partial charge in [0.05, 0.1) is 18.5 Å². The highest BCUT2D eigenvalue weighted by Gasteiger charge is 2.25. The summed E-state index contributed by atoms with van der Waals surface area (Å²) in [4.78, 5) is 25.3. The van der Waals surface area contributed by atoms with Gasteiger partial charge in [0.2, 0.25) is 5.91 Å². The number of nitrogens with zero attached hydrogens (tertiary/aromatic N) is 5. The maximum Gasteiger partial charge on any atom is 0.309 e. The highest BCUT2D eigenvalue weighted by Crippen LogP contribution is 2.35. The molecule has 0 aliphatic carbocycles. The maximum absolute atomic E-state index is 14.5. The minimum atomic E-state index is -0.891. The second-order valence-electron chi connectivity index (χ2n) is 7.86. The van der Waals surface area contributed by atoms with E-state index in [0.29, 0.717) is 29.1 Å². The molecule has 1 aromatic carbocycles. The minimum absolute atomic E-state index is 0.152. The number of aryl methyl sites for hydroxylation is 1. The van der Waals surface area contributed by atoms with Crippen molar-refractivity contribution in [2.75, 3.05) is 25.5 Å². The summed E-state index contributed by atoms with van der Waals surface area (Å²) in [6.45, 7) is 1.40. The molecular formula is C23H22FN7O2. The van der Waals surface area contributed by atoms with Crippen molar-refractivity contribution in [2.24, 2.45) is 13.0 Å². The summed E-state index contributed by atoms with van der Waals surface area (Å²) in [5.74, 6) is 0.226. The molecule has 0 saturated carbocycles. The van der Waals surface area contributed by atoms with E-state index in [-0.39, 0.29) is 28.9 Å². The summed E-state index contributed by atoms with van der Waals surface area (Å²) in [5.41, 5.74) is 2.98. The number of halogens is 1. The van der Waals surface area contributed by atoms with Crippen LogP contribution in [0.2, 0.25) is 0 Å². The Hall–Kier alpha value is -3.92. The van der Waals surface area contributed by atoms with E-state index in [1.807, 2.05) is 30.3 Å². The Morgan fingerprint density at radius 2 is 2.03 bits per heavy atom. The van der Waals surface area contributed by atoms with E-state index in [1.165, 1.54) is 7.11 Å². The molecule has 4 aromatic rings. The van der Waals surface area contributed by atoms with Crippen LogP contribution in [0.25, 0.3) is 33.5 Å². The molecule has 1 amide bonds. The van der Waals surface area contributed by atoms with Gasteiger partial charge < -0.3 is 15.4 Å².